The highest BCUT2D eigenvalue weighted by Crippen LogP contribution is 1.99. The van der Waals surface area contributed by atoms with Gasteiger partial charge in [-0.3, -0.25) is 14.5 Å². The number of urea groups is 1. The van der Waals surface area contributed by atoms with Crippen LogP contribution in [-0.2, 0) is 9.59 Å². The third-order valence-electron chi connectivity index (χ3n) is 3.24. The van der Waals surface area contributed by atoms with Crippen molar-refractivity contribution >= 4 is 17.8 Å². The Morgan fingerprint density at radius 1 is 1.53 bits per heavy atom. The highest BCUT2D eigenvalue weighted by Gasteiger charge is 2.34. The lowest BCUT2D eigenvalue weighted by Crippen LogP contribution is -3.15. The number of hydrogen-bond donors (Lipinski definition) is 3. The Morgan fingerprint density at radius 3 is 2.74 bits per heavy atom. The SMILES string of the molecule is CCCNC(=O)C[NH+](C)[C@@H](C)C(=O)N1CCNC1=O. The summed E-state index contributed by atoms with van der Waals surface area (Å²) in [6, 6.07) is -0.767. The molecule has 0 radical (unpaired) electrons. The van der Waals surface area contributed by atoms with Crippen LogP contribution in [0.15, 0.2) is 0 Å². The molecule has 0 bridgehead atoms. The number of imide groups is 1. The minimum Gasteiger partial charge on any atom is -0.351 e. The van der Waals surface area contributed by atoms with Crippen LogP contribution in [0.3, 0.4) is 0 Å². The summed E-state index contributed by atoms with van der Waals surface area (Å²) in [5, 5.41) is 5.36. The molecule has 7 nitrogen and oxygen atoms in total. The zero-order valence-corrected chi connectivity index (χ0v) is 11.8. The van der Waals surface area contributed by atoms with Crippen molar-refractivity contribution in [3.05, 3.63) is 0 Å². The zero-order valence-electron chi connectivity index (χ0n) is 11.8. The van der Waals surface area contributed by atoms with Gasteiger partial charge in [-0.15, -0.1) is 0 Å². The van der Waals surface area contributed by atoms with Gasteiger partial charge >= 0.3 is 6.03 Å². The predicted molar refractivity (Wildman–Crippen MR) is 69.6 cm³/mol. The van der Waals surface area contributed by atoms with Gasteiger partial charge in [0.25, 0.3) is 11.8 Å². The van der Waals surface area contributed by atoms with Gasteiger partial charge in [0.2, 0.25) is 0 Å². The van der Waals surface area contributed by atoms with Gasteiger partial charge in [-0.1, -0.05) is 6.92 Å². The third kappa shape index (κ3) is 4.20. The number of nitrogens with zero attached hydrogens (tertiary/aromatic N) is 1. The fraction of sp³-hybridized carbons (Fsp3) is 0.750. The quantitative estimate of drug-likeness (QED) is 0.521. The van der Waals surface area contributed by atoms with E-state index in [2.05, 4.69) is 10.6 Å². The van der Waals surface area contributed by atoms with Crippen molar-refractivity contribution in [1.29, 1.82) is 0 Å². The van der Waals surface area contributed by atoms with Crippen molar-refractivity contribution in [2.75, 3.05) is 33.2 Å². The average Bonchev–Trinajstić information content (AvgIpc) is 2.80. The average molecular weight is 271 g/mol. The molecule has 0 aliphatic carbocycles. The number of carbonyl (C=O) groups is 3. The topological polar surface area (TPSA) is 82.9 Å². The first-order valence-corrected chi connectivity index (χ1v) is 6.65. The third-order valence-corrected chi connectivity index (χ3v) is 3.24. The van der Waals surface area contributed by atoms with E-state index in [0.717, 1.165) is 11.3 Å². The summed E-state index contributed by atoms with van der Waals surface area (Å²) >= 11 is 0. The Morgan fingerprint density at radius 2 is 2.21 bits per heavy atom. The first-order chi connectivity index (χ1) is 8.97. The van der Waals surface area contributed by atoms with E-state index in [1.54, 1.807) is 14.0 Å². The lowest BCUT2D eigenvalue weighted by atomic mass is 10.2. The van der Waals surface area contributed by atoms with E-state index in [-0.39, 0.29) is 24.4 Å². The highest BCUT2D eigenvalue weighted by molar-refractivity contribution is 5.97. The predicted octanol–water partition coefficient (Wildman–Crippen LogP) is -2.03. The molecule has 1 fully saturated rings. The van der Waals surface area contributed by atoms with Crippen molar-refractivity contribution in [1.82, 2.24) is 15.5 Å². The molecule has 3 N–H and O–H groups in total. The number of quaternary nitrogens is 1. The van der Waals surface area contributed by atoms with Crippen LogP contribution in [0.1, 0.15) is 20.3 Å². The second-order valence-electron chi connectivity index (χ2n) is 4.82. The van der Waals surface area contributed by atoms with E-state index in [1.165, 1.54) is 4.90 Å². The van der Waals surface area contributed by atoms with E-state index < -0.39 is 6.04 Å². The van der Waals surface area contributed by atoms with Gasteiger partial charge in [0.1, 0.15) is 0 Å². The molecule has 0 aromatic heterocycles. The number of nitrogens with one attached hydrogen (secondary N) is 3. The van der Waals surface area contributed by atoms with Gasteiger partial charge < -0.3 is 15.5 Å². The Hall–Kier alpha value is -1.63. The van der Waals surface area contributed by atoms with Crippen molar-refractivity contribution < 1.29 is 19.3 Å². The standard InChI is InChI=1S/C12H22N4O3/c1-4-5-13-10(17)8-15(3)9(2)11(18)16-7-6-14-12(16)19/h9H,4-8H2,1-3H3,(H,13,17)(H,14,19)/p+1/t9-/m0/s1. The van der Waals surface area contributed by atoms with E-state index in [9.17, 15) is 14.4 Å². The second-order valence-corrected chi connectivity index (χ2v) is 4.82. The molecular weight excluding hydrogens is 248 g/mol. The van der Waals surface area contributed by atoms with Gasteiger partial charge in [0.15, 0.2) is 12.6 Å². The van der Waals surface area contributed by atoms with Gasteiger partial charge in [0.05, 0.1) is 7.05 Å². The molecular formula is C12H23N4O3+. The van der Waals surface area contributed by atoms with Crippen LogP contribution >= 0.6 is 0 Å². The van der Waals surface area contributed by atoms with Crippen molar-refractivity contribution in [3.63, 3.8) is 0 Å². The van der Waals surface area contributed by atoms with Crippen molar-refractivity contribution in [2.45, 2.75) is 26.3 Å². The van der Waals surface area contributed by atoms with E-state index in [1.807, 2.05) is 6.92 Å². The minimum absolute atomic E-state index is 0.0788. The summed E-state index contributed by atoms with van der Waals surface area (Å²) < 4.78 is 0. The molecule has 0 spiro atoms. The first kappa shape index (κ1) is 15.4. The Bertz CT molecular complexity index is 359. The molecule has 4 amide bonds. The summed E-state index contributed by atoms with van der Waals surface area (Å²) in [5.74, 6) is -0.319. The molecule has 19 heavy (non-hydrogen) atoms. The molecule has 0 aromatic rings. The molecule has 1 aliphatic heterocycles. The van der Waals surface area contributed by atoms with Crippen LogP contribution in [0.4, 0.5) is 4.79 Å². The van der Waals surface area contributed by atoms with E-state index >= 15 is 0 Å². The maximum Gasteiger partial charge on any atom is 0.324 e. The molecule has 1 aliphatic rings. The molecule has 1 rings (SSSR count). The summed E-state index contributed by atoms with van der Waals surface area (Å²) in [4.78, 5) is 37.1. The molecule has 1 unspecified atom stereocenters. The monoisotopic (exact) mass is 271 g/mol. The van der Waals surface area contributed by atoms with Crippen LogP contribution in [0.2, 0.25) is 0 Å². The second kappa shape index (κ2) is 7.08. The fourth-order valence-corrected chi connectivity index (χ4v) is 1.86. The van der Waals surface area contributed by atoms with E-state index in [0.29, 0.717) is 19.6 Å². The van der Waals surface area contributed by atoms with Crippen LogP contribution < -0.4 is 15.5 Å². The lowest BCUT2D eigenvalue weighted by molar-refractivity contribution is -0.886. The maximum absolute atomic E-state index is 12.1. The lowest BCUT2D eigenvalue weighted by Gasteiger charge is -2.23. The van der Waals surface area contributed by atoms with Gasteiger partial charge in [-0.25, -0.2) is 4.79 Å². The maximum atomic E-state index is 12.1. The normalized spacial score (nSPS) is 17.8. The summed E-state index contributed by atoms with van der Waals surface area (Å²) in [6.45, 7) is 5.47. The molecule has 1 saturated heterocycles. The molecule has 2 atom stereocenters. The number of carbonyl (C=O) groups excluding carboxylic acids is 3. The molecule has 1 heterocycles. The molecule has 7 heteroatoms. The number of likely N-dealkylation sites (N-methyl/N-ethyl adjacent to an activating group) is 1. The van der Waals surface area contributed by atoms with Gasteiger partial charge in [-0.05, 0) is 13.3 Å². The Balaban J connectivity index is 2.47. The summed E-state index contributed by atoms with van der Waals surface area (Å²) in [7, 11) is 1.78. The number of rotatable bonds is 6. The van der Waals surface area contributed by atoms with Gasteiger partial charge in [0, 0.05) is 19.6 Å². The van der Waals surface area contributed by atoms with E-state index in [4.69, 9.17) is 0 Å². The van der Waals surface area contributed by atoms with Gasteiger partial charge in [-0.2, -0.15) is 0 Å². The van der Waals surface area contributed by atoms with Crippen LogP contribution in [-0.4, -0.2) is 62.0 Å². The fourth-order valence-electron chi connectivity index (χ4n) is 1.86. The summed E-state index contributed by atoms with van der Waals surface area (Å²) in [5.41, 5.74) is 0. The smallest absolute Gasteiger partial charge is 0.324 e. The summed E-state index contributed by atoms with van der Waals surface area (Å²) in [6.07, 6.45) is 0.882. The Kier molecular flexibility index (Phi) is 5.75. The largest absolute Gasteiger partial charge is 0.351 e. The van der Waals surface area contributed by atoms with Crippen LogP contribution in [0.25, 0.3) is 0 Å². The molecule has 108 valence electrons. The highest BCUT2D eigenvalue weighted by atomic mass is 16.2. The van der Waals surface area contributed by atoms with Crippen LogP contribution in [0, 0.1) is 0 Å². The van der Waals surface area contributed by atoms with Crippen LogP contribution in [0.5, 0.6) is 0 Å². The number of hydrogen-bond acceptors (Lipinski definition) is 3. The number of amides is 4. The molecule has 0 saturated carbocycles. The minimum atomic E-state index is -0.420. The van der Waals surface area contributed by atoms with Crippen molar-refractivity contribution in [3.8, 4) is 0 Å². The first-order valence-electron chi connectivity index (χ1n) is 6.65. The Labute approximate surface area is 113 Å². The zero-order chi connectivity index (χ0) is 14.4. The van der Waals surface area contributed by atoms with Crippen molar-refractivity contribution in [2.24, 2.45) is 0 Å². The molecule has 0 aromatic carbocycles.